The van der Waals surface area contributed by atoms with Crippen molar-refractivity contribution in [1.82, 2.24) is 10.2 Å². The number of amides is 1. The van der Waals surface area contributed by atoms with Crippen molar-refractivity contribution in [2.45, 2.75) is 12.1 Å². The molecule has 4 aromatic rings. The number of carbonyl (C=O) groups is 1. The Morgan fingerprint density at radius 1 is 0.862 bits per heavy atom. The summed E-state index contributed by atoms with van der Waals surface area (Å²) in [5.74, 6) is 0.572. The zero-order valence-electron chi connectivity index (χ0n) is 15.9. The molecule has 1 amide bonds. The Morgan fingerprint density at radius 3 is 2.07 bits per heavy atom. The third-order valence-electron chi connectivity index (χ3n) is 4.38. The Hall–Kier alpha value is -3.38. The van der Waals surface area contributed by atoms with E-state index < -0.39 is 0 Å². The van der Waals surface area contributed by atoms with E-state index in [2.05, 4.69) is 10.2 Å². The van der Waals surface area contributed by atoms with Crippen LogP contribution in [0.25, 0.3) is 11.5 Å². The summed E-state index contributed by atoms with van der Waals surface area (Å²) in [6, 6.07) is 27.0. The van der Waals surface area contributed by atoms with Crippen molar-refractivity contribution < 1.29 is 9.21 Å². The number of para-hydroxylation sites is 2. The molecule has 6 heteroatoms. The lowest BCUT2D eigenvalue weighted by Crippen LogP contribution is -2.27. The predicted octanol–water partition coefficient (Wildman–Crippen LogP) is 5.50. The van der Waals surface area contributed by atoms with Crippen LogP contribution in [-0.2, 0) is 4.79 Å². The molecule has 0 aliphatic rings. The number of thioether (sulfide) groups is 1. The fourth-order valence-electron chi connectivity index (χ4n) is 2.97. The predicted molar refractivity (Wildman–Crippen MR) is 115 cm³/mol. The van der Waals surface area contributed by atoms with Crippen molar-refractivity contribution in [1.29, 1.82) is 0 Å². The van der Waals surface area contributed by atoms with Crippen LogP contribution in [0.4, 0.5) is 11.4 Å². The van der Waals surface area contributed by atoms with Crippen LogP contribution in [0.3, 0.4) is 0 Å². The van der Waals surface area contributed by atoms with E-state index in [-0.39, 0.29) is 11.7 Å². The summed E-state index contributed by atoms with van der Waals surface area (Å²) in [6.07, 6.45) is 0. The van der Waals surface area contributed by atoms with Crippen LogP contribution < -0.4 is 4.90 Å². The zero-order chi connectivity index (χ0) is 20.1. The van der Waals surface area contributed by atoms with Gasteiger partial charge in [0, 0.05) is 16.9 Å². The summed E-state index contributed by atoms with van der Waals surface area (Å²) in [5, 5.41) is 8.58. The van der Waals surface area contributed by atoms with Crippen LogP contribution in [-0.4, -0.2) is 21.9 Å². The van der Waals surface area contributed by atoms with Crippen molar-refractivity contribution in [3.05, 3.63) is 90.5 Å². The van der Waals surface area contributed by atoms with E-state index in [1.807, 2.05) is 91.9 Å². The minimum atomic E-state index is -0.0666. The number of carbonyl (C=O) groups excluding carboxylic acids is 1. The van der Waals surface area contributed by atoms with Crippen molar-refractivity contribution in [3.8, 4) is 11.5 Å². The van der Waals surface area contributed by atoms with Gasteiger partial charge in [-0.1, -0.05) is 66.4 Å². The van der Waals surface area contributed by atoms with Crippen LogP contribution in [0.15, 0.2) is 94.6 Å². The van der Waals surface area contributed by atoms with Gasteiger partial charge in [-0.25, -0.2) is 0 Å². The second kappa shape index (κ2) is 8.75. The second-order valence-corrected chi connectivity index (χ2v) is 7.30. The molecule has 0 unspecified atom stereocenters. The quantitative estimate of drug-likeness (QED) is 0.399. The number of anilines is 2. The Morgan fingerprint density at radius 2 is 1.45 bits per heavy atom. The van der Waals surface area contributed by atoms with E-state index in [0.29, 0.717) is 11.1 Å². The number of aryl methyl sites for hydroxylation is 1. The van der Waals surface area contributed by atoms with Gasteiger partial charge in [0.2, 0.25) is 11.8 Å². The molecule has 4 rings (SSSR count). The monoisotopic (exact) mass is 401 g/mol. The number of benzene rings is 3. The normalized spacial score (nSPS) is 10.7. The molecule has 0 N–H and O–H groups in total. The minimum absolute atomic E-state index is 0.0666. The van der Waals surface area contributed by atoms with E-state index in [1.54, 1.807) is 4.90 Å². The first-order valence-electron chi connectivity index (χ1n) is 9.18. The molecule has 29 heavy (non-hydrogen) atoms. The Bertz CT molecular complexity index is 1060. The molecular formula is C23H19N3O2S. The molecule has 0 atom stereocenters. The highest BCUT2D eigenvalue weighted by molar-refractivity contribution is 7.99. The summed E-state index contributed by atoms with van der Waals surface area (Å²) in [6.45, 7) is 1.99. The van der Waals surface area contributed by atoms with E-state index in [0.717, 1.165) is 22.5 Å². The molecule has 5 nitrogen and oxygen atoms in total. The number of hydrogen-bond acceptors (Lipinski definition) is 5. The van der Waals surface area contributed by atoms with Crippen LogP contribution in [0.5, 0.6) is 0 Å². The Balaban J connectivity index is 1.51. The number of rotatable bonds is 6. The largest absolute Gasteiger partial charge is 0.411 e. The van der Waals surface area contributed by atoms with E-state index >= 15 is 0 Å². The SMILES string of the molecule is Cc1ccccc1-c1nnc(SCC(=O)N(c2ccccc2)c2ccccc2)o1. The van der Waals surface area contributed by atoms with Gasteiger partial charge in [-0.05, 0) is 42.8 Å². The van der Waals surface area contributed by atoms with Crippen molar-refractivity contribution in [2.75, 3.05) is 10.7 Å². The molecule has 0 bridgehead atoms. The first-order valence-corrected chi connectivity index (χ1v) is 10.2. The lowest BCUT2D eigenvalue weighted by atomic mass is 10.1. The van der Waals surface area contributed by atoms with Gasteiger partial charge in [-0.2, -0.15) is 0 Å². The maximum absolute atomic E-state index is 13.1. The molecule has 0 saturated carbocycles. The summed E-state index contributed by atoms with van der Waals surface area (Å²) >= 11 is 1.24. The van der Waals surface area contributed by atoms with Crippen molar-refractivity contribution in [3.63, 3.8) is 0 Å². The molecular weight excluding hydrogens is 382 g/mol. The summed E-state index contributed by atoms with van der Waals surface area (Å²) in [5.41, 5.74) is 3.59. The smallest absolute Gasteiger partial charge is 0.277 e. The summed E-state index contributed by atoms with van der Waals surface area (Å²) in [4.78, 5) is 14.8. The number of aromatic nitrogens is 2. The van der Waals surface area contributed by atoms with Gasteiger partial charge < -0.3 is 4.42 Å². The molecule has 0 spiro atoms. The number of hydrogen-bond donors (Lipinski definition) is 0. The maximum Gasteiger partial charge on any atom is 0.277 e. The van der Waals surface area contributed by atoms with Gasteiger partial charge in [-0.15, -0.1) is 10.2 Å². The van der Waals surface area contributed by atoms with Gasteiger partial charge in [-0.3, -0.25) is 9.69 Å². The third-order valence-corrected chi connectivity index (χ3v) is 5.18. The minimum Gasteiger partial charge on any atom is -0.411 e. The summed E-state index contributed by atoms with van der Waals surface area (Å²) in [7, 11) is 0. The Labute approximate surface area is 173 Å². The molecule has 144 valence electrons. The van der Waals surface area contributed by atoms with Gasteiger partial charge in [0.15, 0.2) is 0 Å². The van der Waals surface area contributed by atoms with Crippen LogP contribution in [0.2, 0.25) is 0 Å². The van der Waals surface area contributed by atoms with Gasteiger partial charge in [0.1, 0.15) is 0 Å². The van der Waals surface area contributed by atoms with Gasteiger partial charge in [0.05, 0.1) is 5.75 Å². The van der Waals surface area contributed by atoms with Crippen molar-refractivity contribution in [2.24, 2.45) is 0 Å². The van der Waals surface area contributed by atoms with E-state index in [4.69, 9.17) is 4.42 Å². The second-order valence-electron chi connectivity index (χ2n) is 6.38. The standard InChI is InChI=1S/C23H19N3O2S/c1-17-10-8-9-15-20(17)22-24-25-23(28-22)29-16-21(27)26(18-11-4-2-5-12-18)19-13-6-3-7-14-19/h2-15H,16H2,1H3. The lowest BCUT2D eigenvalue weighted by molar-refractivity contribution is -0.115. The molecule has 0 radical (unpaired) electrons. The zero-order valence-corrected chi connectivity index (χ0v) is 16.7. The van der Waals surface area contributed by atoms with Crippen molar-refractivity contribution >= 4 is 29.0 Å². The molecule has 0 saturated heterocycles. The highest BCUT2D eigenvalue weighted by Crippen LogP contribution is 2.29. The molecule has 1 aromatic heterocycles. The average Bonchev–Trinajstić information content (AvgIpc) is 3.23. The molecule has 3 aromatic carbocycles. The van der Waals surface area contributed by atoms with Gasteiger partial charge in [0.25, 0.3) is 5.22 Å². The molecule has 0 aliphatic carbocycles. The highest BCUT2D eigenvalue weighted by atomic mass is 32.2. The van der Waals surface area contributed by atoms with Gasteiger partial charge >= 0.3 is 0 Å². The molecule has 0 aliphatic heterocycles. The van der Waals surface area contributed by atoms with Crippen LogP contribution in [0.1, 0.15) is 5.56 Å². The Kier molecular flexibility index (Phi) is 5.72. The first kappa shape index (κ1) is 19.0. The first-order chi connectivity index (χ1) is 14.2. The molecule has 1 heterocycles. The summed E-state index contributed by atoms with van der Waals surface area (Å²) < 4.78 is 5.76. The third kappa shape index (κ3) is 4.38. The fraction of sp³-hybridized carbons (Fsp3) is 0.0870. The highest BCUT2D eigenvalue weighted by Gasteiger charge is 2.19. The average molecular weight is 401 g/mol. The maximum atomic E-state index is 13.1. The van der Waals surface area contributed by atoms with Crippen LogP contribution in [0, 0.1) is 6.92 Å². The fourth-order valence-corrected chi connectivity index (χ4v) is 3.58. The van der Waals surface area contributed by atoms with E-state index in [1.165, 1.54) is 11.8 Å². The topological polar surface area (TPSA) is 59.2 Å². The van der Waals surface area contributed by atoms with E-state index in [9.17, 15) is 4.79 Å². The van der Waals surface area contributed by atoms with Crippen LogP contribution >= 0.6 is 11.8 Å². The number of nitrogens with zero attached hydrogens (tertiary/aromatic N) is 3. The lowest BCUT2D eigenvalue weighted by Gasteiger charge is -2.22. The molecule has 0 fully saturated rings.